The zero-order valence-electron chi connectivity index (χ0n) is 13.9. The first kappa shape index (κ1) is 18.9. The van der Waals surface area contributed by atoms with Gasteiger partial charge in [-0.2, -0.15) is 0 Å². The lowest BCUT2D eigenvalue weighted by Crippen LogP contribution is -2.35. The quantitative estimate of drug-likeness (QED) is 0.512. The van der Waals surface area contributed by atoms with Gasteiger partial charge in [0.1, 0.15) is 0 Å². The van der Waals surface area contributed by atoms with Gasteiger partial charge in [0.25, 0.3) is 0 Å². The molecule has 1 rings (SSSR count). The van der Waals surface area contributed by atoms with Crippen molar-refractivity contribution in [2.75, 3.05) is 32.1 Å². The molecule has 0 saturated heterocycles. The van der Waals surface area contributed by atoms with Crippen molar-refractivity contribution in [1.82, 2.24) is 16.0 Å². The number of nitrogens with one attached hydrogen (secondary N) is 4. The van der Waals surface area contributed by atoms with Gasteiger partial charge in [0.2, 0.25) is 5.91 Å². The van der Waals surface area contributed by atoms with E-state index in [2.05, 4.69) is 21.3 Å². The highest BCUT2D eigenvalue weighted by Gasteiger charge is 2.04. The van der Waals surface area contributed by atoms with Gasteiger partial charge in [-0.05, 0) is 31.5 Å². The Hall–Kier alpha value is -2.12. The maximum absolute atomic E-state index is 11.6. The van der Waals surface area contributed by atoms with Crippen molar-refractivity contribution < 1.29 is 14.3 Å². The zero-order valence-corrected chi connectivity index (χ0v) is 13.9. The molecule has 3 amide bonds. The normalized spacial score (nSPS) is 10.4. The maximum atomic E-state index is 11.6. The topological polar surface area (TPSA) is 91.5 Å². The SMILES string of the molecule is COCCNCC(=O)NCc1ccc(NC(=O)NC(C)C)cc1. The average molecular weight is 322 g/mol. The van der Waals surface area contributed by atoms with E-state index < -0.39 is 0 Å². The Morgan fingerprint density at radius 1 is 1.17 bits per heavy atom. The van der Waals surface area contributed by atoms with Gasteiger partial charge < -0.3 is 26.0 Å². The molecule has 0 unspecified atom stereocenters. The lowest BCUT2D eigenvalue weighted by Gasteiger charge is -2.11. The van der Waals surface area contributed by atoms with Gasteiger partial charge in [0.15, 0.2) is 0 Å². The molecule has 4 N–H and O–H groups in total. The minimum Gasteiger partial charge on any atom is -0.383 e. The number of ether oxygens (including phenoxy) is 1. The van der Waals surface area contributed by atoms with Crippen LogP contribution >= 0.6 is 0 Å². The summed E-state index contributed by atoms with van der Waals surface area (Å²) in [5.74, 6) is -0.0698. The molecule has 0 aromatic heterocycles. The van der Waals surface area contributed by atoms with E-state index in [1.54, 1.807) is 19.2 Å². The van der Waals surface area contributed by atoms with Crippen molar-refractivity contribution >= 4 is 17.6 Å². The summed E-state index contributed by atoms with van der Waals surface area (Å²) < 4.78 is 4.88. The molecule has 0 heterocycles. The summed E-state index contributed by atoms with van der Waals surface area (Å²) in [5, 5.41) is 11.3. The fourth-order valence-electron chi connectivity index (χ4n) is 1.77. The van der Waals surface area contributed by atoms with E-state index in [1.165, 1.54) is 0 Å². The summed E-state index contributed by atoms with van der Waals surface area (Å²) in [6.07, 6.45) is 0. The predicted molar refractivity (Wildman–Crippen MR) is 90.3 cm³/mol. The number of benzene rings is 1. The van der Waals surface area contributed by atoms with Gasteiger partial charge in [0.05, 0.1) is 13.2 Å². The third-order valence-electron chi connectivity index (χ3n) is 2.89. The number of anilines is 1. The summed E-state index contributed by atoms with van der Waals surface area (Å²) in [5.41, 5.74) is 1.67. The minimum atomic E-state index is -0.233. The highest BCUT2D eigenvalue weighted by atomic mass is 16.5. The third kappa shape index (κ3) is 8.80. The number of amides is 3. The number of hydrogen-bond acceptors (Lipinski definition) is 4. The van der Waals surface area contributed by atoms with E-state index in [0.717, 1.165) is 5.56 Å². The summed E-state index contributed by atoms with van der Waals surface area (Å²) in [6.45, 7) is 5.72. The second kappa shape index (κ2) is 10.6. The molecule has 0 aliphatic carbocycles. The molecule has 1 aromatic rings. The maximum Gasteiger partial charge on any atom is 0.319 e. The van der Waals surface area contributed by atoms with E-state index in [1.807, 2.05) is 26.0 Å². The van der Waals surface area contributed by atoms with Crippen LogP contribution in [0.2, 0.25) is 0 Å². The minimum absolute atomic E-state index is 0.0698. The van der Waals surface area contributed by atoms with Crippen molar-refractivity contribution in [3.05, 3.63) is 29.8 Å². The van der Waals surface area contributed by atoms with Crippen LogP contribution in [0, 0.1) is 0 Å². The Morgan fingerprint density at radius 3 is 2.48 bits per heavy atom. The van der Waals surface area contributed by atoms with E-state index in [0.29, 0.717) is 25.4 Å². The van der Waals surface area contributed by atoms with Crippen LogP contribution in [0.4, 0.5) is 10.5 Å². The Balaban J connectivity index is 2.31. The first-order valence-corrected chi connectivity index (χ1v) is 7.64. The fraction of sp³-hybridized carbons (Fsp3) is 0.500. The van der Waals surface area contributed by atoms with Gasteiger partial charge in [0, 0.05) is 31.9 Å². The molecular formula is C16H26N4O3. The first-order chi connectivity index (χ1) is 11.0. The van der Waals surface area contributed by atoms with Crippen LogP contribution < -0.4 is 21.3 Å². The molecule has 0 radical (unpaired) electrons. The van der Waals surface area contributed by atoms with Crippen LogP contribution in [0.5, 0.6) is 0 Å². The summed E-state index contributed by atoms with van der Waals surface area (Å²) >= 11 is 0. The summed E-state index contributed by atoms with van der Waals surface area (Å²) in [6, 6.07) is 7.19. The highest BCUT2D eigenvalue weighted by molar-refractivity contribution is 5.89. The average Bonchev–Trinajstić information content (AvgIpc) is 2.50. The molecule has 0 atom stereocenters. The van der Waals surface area contributed by atoms with Gasteiger partial charge in [-0.15, -0.1) is 0 Å². The standard InChI is InChI=1S/C16H26N4O3/c1-12(2)19-16(22)20-14-6-4-13(5-7-14)10-18-15(21)11-17-8-9-23-3/h4-7,12,17H,8-11H2,1-3H3,(H,18,21)(H2,19,20,22). The predicted octanol–water partition coefficient (Wildman–Crippen LogP) is 1.07. The van der Waals surface area contributed by atoms with Crippen LogP contribution in [-0.4, -0.2) is 44.8 Å². The van der Waals surface area contributed by atoms with Gasteiger partial charge >= 0.3 is 6.03 Å². The van der Waals surface area contributed by atoms with Crippen LogP contribution in [-0.2, 0) is 16.1 Å². The van der Waals surface area contributed by atoms with E-state index in [4.69, 9.17) is 4.74 Å². The van der Waals surface area contributed by atoms with E-state index in [9.17, 15) is 9.59 Å². The van der Waals surface area contributed by atoms with Crippen molar-refractivity contribution in [2.45, 2.75) is 26.4 Å². The second-order valence-electron chi connectivity index (χ2n) is 5.40. The van der Waals surface area contributed by atoms with Crippen molar-refractivity contribution in [1.29, 1.82) is 0 Å². The molecule has 0 saturated carbocycles. The smallest absolute Gasteiger partial charge is 0.319 e. The highest BCUT2D eigenvalue weighted by Crippen LogP contribution is 2.09. The fourth-order valence-corrected chi connectivity index (χ4v) is 1.77. The number of rotatable bonds is 9. The molecule has 128 valence electrons. The molecule has 0 aliphatic heterocycles. The molecular weight excluding hydrogens is 296 g/mol. The molecule has 7 nitrogen and oxygen atoms in total. The zero-order chi connectivity index (χ0) is 17.1. The van der Waals surface area contributed by atoms with Gasteiger partial charge in [-0.25, -0.2) is 4.79 Å². The Bertz CT molecular complexity index is 489. The van der Waals surface area contributed by atoms with Crippen LogP contribution in [0.3, 0.4) is 0 Å². The van der Waals surface area contributed by atoms with Gasteiger partial charge in [-0.3, -0.25) is 4.79 Å². The van der Waals surface area contributed by atoms with Crippen molar-refractivity contribution in [3.8, 4) is 0 Å². The Labute approximate surface area is 137 Å². The van der Waals surface area contributed by atoms with Crippen LogP contribution in [0.1, 0.15) is 19.4 Å². The Kier molecular flexibility index (Phi) is 8.71. The summed E-state index contributed by atoms with van der Waals surface area (Å²) in [7, 11) is 1.62. The summed E-state index contributed by atoms with van der Waals surface area (Å²) in [4.78, 5) is 23.2. The Morgan fingerprint density at radius 2 is 1.87 bits per heavy atom. The number of urea groups is 1. The lowest BCUT2D eigenvalue weighted by atomic mass is 10.2. The third-order valence-corrected chi connectivity index (χ3v) is 2.89. The molecule has 1 aromatic carbocycles. The van der Waals surface area contributed by atoms with Crippen molar-refractivity contribution in [3.63, 3.8) is 0 Å². The molecule has 0 spiro atoms. The second-order valence-corrected chi connectivity index (χ2v) is 5.40. The number of carbonyl (C=O) groups excluding carboxylic acids is 2. The van der Waals surface area contributed by atoms with Crippen LogP contribution in [0.15, 0.2) is 24.3 Å². The number of methoxy groups -OCH3 is 1. The molecule has 0 aliphatic rings. The molecule has 23 heavy (non-hydrogen) atoms. The van der Waals surface area contributed by atoms with E-state index >= 15 is 0 Å². The van der Waals surface area contributed by atoms with Gasteiger partial charge in [-0.1, -0.05) is 12.1 Å². The molecule has 0 fully saturated rings. The molecule has 0 bridgehead atoms. The largest absolute Gasteiger partial charge is 0.383 e. The molecule has 7 heteroatoms. The lowest BCUT2D eigenvalue weighted by molar-refractivity contribution is -0.120. The van der Waals surface area contributed by atoms with Crippen molar-refractivity contribution in [2.24, 2.45) is 0 Å². The van der Waals surface area contributed by atoms with Crippen LogP contribution in [0.25, 0.3) is 0 Å². The first-order valence-electron chi connectivity index (χ1n) is 7.64. The number of hydrogen-bond donors (Lipinski definition) is 4. The number of carbonyl (C=O) groups is 2. The monoisotopic (exact) mass is 322 g/mol. The van der Waals surface area contributed by atoms with E-state index in [-0.39, 0.29) is 24.5 Å².